The lowest BCUT2D eigenvalue weighted by atomic mass is 10.2. The van der Waals surface area contributed by atoms with Crippen LogP contribution in [0.1, 0.15) is 11.4 Å². The molecule has 1 aliphatic rings. The molecule has 0 bridgehead atoms. The summed E-state index contributed by atoms with van der Waals surface area (Å²) in [6, 6.07) is 5.86. The second-order valence-corrected chi connectivity index (χ2v) is 5.42. The average molecular weight is 320 g/mol. The first-order valence-electron chi connectivity index (χ1n) is 7.59. The Hall–Kier alpha value is -3.22. The summed E-state index contributed by atoms with van der Waals surface area (Å²) in [7, 11) is 1.63. The number of nitrogens with one attached hydrogen (secondary N) is 1. The molecule has 1 N–H and O–H groups in total. The minimum absolute atomic E-state index is 0.617. The zero-order chi connectivity index (χ0) is 16.4. The number of rotatable bonds is 4. The van der Waals surface area contributed by atoms with Gasteiger partial charge in [-0.1, -0.05) is 0 Å². The number of hydrogen-bond donors (Lipinski definition) is 1. The molecule has 7 nitrogen and oxygen atoms in total. The molecule has 0 aliphatic carbocycles. The predicted octanol–water partition coefficient (Wildman–Crippen LogP) is 2.05. The number of amidine groups is 1. The van der Waals surface area contributed by atoms with Crippen molar-refractivity contribution < 1.29 is 4.74 Å². The monoisotopic (exact) mass is 320 g/mol. The van der Waals surface area contributed by atoms with Gasteiger partial charge >= 0.3 is 0 Å². The normalized spacial score (nSPS) is 14.5. The standard InChI is InChI=1S/C17H16N6O/c1-24-14-6-13(9-19-10-14)15-11-21-17-7-16(22-23(15)17)20-8-12-2-4-18-5-3-12/h2-6,9-11H,7-8H2,1H3,(H,20,22). The Balaban J connectivity index is 1.56. The van der Waals surface area contributed by atoms with Gasteiger partial charge in [-0.25, -0.2) is 9.66 Å². The minimum atomic E-state index is 0.617. The third-order valence-corrected chi connectivity index (χ3v) is 3.85. The van der Waals surface area contributed by atoms with Crippen LogP contribution in [0.15, 0.2) is 54.2 Å². The van der Waals surface area contributed by atoms with Gasteiger partial charge in [0.15, 0.2) is 0 Å². The van der Waals surface area contributed by atoms with Crippen LogP contribution in [0.2, 0.25) is 0 Å². The second-order valence-electron chi connectivity index (χ2n) is 5.42. The van der Waals surface area contributed by atoms with E-state index in [1.807, 2.05) is 29.1 Å². The zero-order valence-corrected chi connectivity index (χ0v) is 13.2. The van der Waals surface area contributed by atoms with Gasteiger partial charge in [-0.15, -0.1) is 0 Å². The summed E-state index contributed by atoms with van der Waals surface area (Å²) in [6.07, 6.45) is 9.54. The van der Waals surface area contributed by atoms with Crippen LogP contribution in [0.3, 0.4) is 0 Å². The van der Waals surface area contributed by atoms with E-state index in [-0.39, 0.29) is 0 Å². The van der Waals surface area contributed by atoms with Gasteiger partial charge in [0.2, 0.25) is 0 Å². The smallest absolute Gasteiger partial charge is 0.137 e. The van der Waals surface area contributed by atoms with E-state index in [1.54, 1.807) is 31.9 Å². The van der Waals surface area contributed by atoms with Gasteiger partial charge in [-0.05, 0) is 23.8 Å². The molecule has 24 heavy (non-hydrogen) atoms. The van der Waals surface area contributed by atoms with Crippen LogP contribution in [-0.4, -0.2) is 32.6 Å². The van der Waals surface area contributed by atoms with Gasteiger partial charge in [-0.3, -0.25) is 20.4 Å². The van der Waals surface area contributed by atoms with Gasteiger partial charge < -0.3 is 4.74 Å². The van der Waals surface area contributed by atoms with Crippen molar-refractivity contribution >= 4 is 5.84 Å². The lowest BCUT2D eigenvalue weighted by Gasteiger charge is -2.08. The molecule has 0 atom stereocenters. The van der Waals surface area contributed by atoms with Gasteiger partial charge in [-0.2, -0.15) is 0 Å². The highest BCUT2D eigenvalue weighted by Crippen LogP contribution is 2.25. The topological polar surface area (TPSA) is 77.2 Å². The molecule has 0 unspecified atom stereocenters. The van der Waals surface area contributed by atoms with E-state index in [9.17, 15) is 0 Å². The second kappa shape index (κ2) is 6.11. The van der Waals surface area contributed by atoms with Crippen LogP contribution < -0.4 is 10.2 Å². The number of pyridine rings is 2. The van der Waals surface area contributed by atoms with Crippen molar-refractivity contribution in [2.24, 2.45) is 4.99 Å². The van der Waals surface area contributed by atoms with E-state index in [2.05, 4.69) is 25.4 Å². The van der Waals surface area contributed by atoms with E-state index < -0.39 is 0 Å². The summed E-state index contributed by atoms with van der Waals surface area (Å²) in [4.78, 5) is 17.3. The summed E-state index contributed by atoms with van der Waals surface area (Å²) < 4.78 is 7.19. The SMILES string of the molecule is COc1cncc(-c2cnc3n2NC(=NCc2ccncc2)C3)c1. The van der Waals surface area contributed by atoms with Crippen LogP contribution in [-0.2, 0) is 13.0 Å². The van der Waals surface area contributed by atoms with E-state index in [0.29, 0.717) is 18.7 Å². The highest BCUT2D eigenvalue weighted by Gasteiger charge is 2.21. The zero-order valence-electron chi connectivity index (χ0n) is 13.2. The number of ether oxygens (including phenoxy) is 1. The fraction of sp³-hybridized carbons (Fsp3) is 0.176. The Morgan fingerprint density at radius 1 is 1.21 bits per heavy atom. The third-order valence-electron chi connectivity index (χ3n) is 3.85. The number of aromatic nitrogens is 4. The number of imidazole rings is 1. The van der Waals surface area contributed by atoms with Gasteiger partial charge in [0.1, 0.15) is 17.4 Å². The third kappa shape index (κ3) is 2.71. The fourth-order valence-corrected chi connectivity index (χ4v) is 2.60. The number of hydrogen-bond acceptors (Lipinski definition) is 5. The Labute approximate surface area is 139 Å². The molecule has 4 heterocycles. The maximum absolute atomic E-state index is 5.24. The van der Waals surface area contributed by atoms with Crippen molar-refractivity contribution in [1.29, 1.82) is 0 Å². The first-order chi connectivity index (χ1) is 11.8. The molecule has 120 valence electrons. The molecule has 7 heteroatoms. The average Bonchev–Trinajstić information content (AvgIpc) is 3.21. The summed E-state index contributed by atoms with van der Waals surface area (Å²) in [5, 5.41) is 0. The number of fused-ring (bicyclic) bond motifs is 1. The first kappa shape index (κ1) is 14.4. The van der Waals surface area contributed by atoms with Crippen LogP contribution in [0.5, 0.6) is 5.75 Å². The molecule has 0 saturated heterocycles. The Morgan fingerprint density at radius 2 is 2.08 bits per heavy atom. The van der Waals surface area contributed by atoms with E-state index >= 15 is 0 Å². The summed E-state index contributed by atoms with van der Waals surface area (Å²) >= 11 is 0. The molecular weight excluding hydrogens is 304 g/mol. The Kier molecular flexibility index (Phi) is 3.66. The number of methoxy groups -OCH3 is 1. The summed E-state index contributed by atoms with van der Waals surface area (Å²) in [5.41, 5.74) is 6.31. The first-order valence-corrected chi connectivity index (χ1v) is 7.59. The molecule has 1 aliphatic heterocycles. The summed E-state index contributed by atoms with van der Waals surface area (Å²) in [6.45, 7) is 0.617. The Bertz CT molecular complexity index is 887. The maximum atomic E-state index is 5.24. The van der Waals surface area contributed by atoms with Crippen molar-refractivity contribution in [3.05, 3.63) is 60.6 Å². The van der Waals surface area contributed by atoms with Crippen molar-refractivity contribution in [3.63, 3.8) is 0 Å². The molecule has 0 radical (unpaired) electrons. The van der Waals surface area contributed by atoms with Gasteiger partial charge in [0.25, 0.3) is 0 Å². The lowest BCUT2D eigenvalue weighted by Crippen LogP contribution is -2.16. The molecule has 0 aromatic carbocycles. The maximum Gasteiger partial charge on any atom is 0.137 e. The molecule has 0 amide bonds. The highest BCUT2D eigenvalue weighted by atomic mass is 16.5. The van der Waals surface area contributed by atoms with Crippen molar-refractivity contribution in [1.82, 2.24) is 19.6 Å². The van der Waals surface area contributed by atoms with Crippen LogP contribution in [0.4, 0.5) is 0 Å². The van der Waals surface area contributed by atoms with Gasteiger partial charge in [0.05, 0.1) is 38.2 Å². The molecule has 0 saturated carbocycles. The van der Waals surface area contributed by atoms with E-state index in [4.69, 9.17) is 4.74 Å². The lowest BCUT2D eigenvalue weighted by molar-refractivity contribution is 0.413. The molecule has 3 aromatic heterocycles. The molecule has 3 aromatic rings. The fourth-order valence-electron chi connectivity index (χ4n) is 2.60. The van der Waals surface area contributed by atoms with Gasteiger partial charge in [0, 0.05) is 24.2 Å². The molecule has 4 rings (SSSR count). The number of nitrogens with zero attached hydrogens (tertiary/aromatic N) is 5. The van der Waals surface area contributed by atoms with E-state index in [1.165, 1.54) is 0 Å². The van der Waals surface area contributed by atoms with Crippen LogP contribution in [0, 0.1) is 0 Å². The predicted molar refractivity (Wildman–Crippen MR) is 90.5 cm³/mol. The molecule has 0 fully saturated rings. The van der Waals surface area contributed by atoms with E-state index in [0.717, 1.165) is 28.5 Å². The van der Waals surface area contributed by atoms with Crippen molar-refractivity contribution in [2.45, 2.75) is 13.0 Å². The molecular formula is C17H16N6O. The van der Waals surface area contributed by atoms with Crippen molar-refractivity contribution in [2.75, 3.05) is 12.5 Å². The molecule has 0 spiro atoms. The number of aliphatic imine (C=N–C) groups is 1. The quantitative estimate of drug-likeness (QED) is 0.796. The summed E-state index contributed by atoms with van der Waals surface area (Å²) in [5.74, 6) is 2.54. The van der Waals surface area contributed by atoms with Crippen LogP contribution in [0.25, 0.3) is 11.3 Å². The largest absolute Gasteiger partial charge is 0.495 e. The van der Waals surface area contributed by atoms with Crippen LogP contribution >= 0.6 is 0 Å². The van der Waals surface area contributed by atoms with Crippen molar-refractivity contribution in [3.8, 4) is 17.0 Å². The minimum Gasteiger partial charge on any atom is -0.495 e. The Morgan fingerprint density at radius 3 is 2.92 bits per heavy atom. The highest BCUT2D eigenvalue weighted by molar-refractivity contribution is 5.94.